The number of ether oxygens (including phenoxy) is 3. The van der Waals surface area contributed by atoms with E-state index in [4.69, 9.17) is 14.2 Å². The normalized spacial score (nSPS) is 15.6. The van der Waals surface area contributed by atoms with Crippen molar-refractivity contribution in [2.45, 2.75) is 39.7 Å². The zero-order valence-corrected chi connectivity index (χ0v) is 18.6. The number of hydrogen-bond donors (Lipinski definition) is 1. The van der Waals surface area contributed by atoms with Crippen LogP contribution < -0.4 is 14.8 Å². The number of fused-ring (bicyclic) bond motifs is 1. The summed E-state index contributed by atoms with van der Waals surface area (Å²) in [6, 6.07) is 3.25. The molecule has 0 spiro atoms. The lowest BCUT2D eigenvalue weighted by Gasteiger charge is -2.29. The summed E-state index contributed by atoms with van der Waals surface area (Å²) in [5.41, 5.74) is 1.97. The molecule has 1 N–H and O–H groups in total. The number of carbonyl (C=O) groups excluding carboxylic acids is 1. The summed E-state index contributed by atoms with van der Waals surface area (Å²) in [5, 5.41) is 7.48. The molecule has 8 nitrogen and oxygen atoms in total. The van der Waals surface area contributed by atoms with Crippen molar-refractivity contribution >= 4 is 27.8 Å². The molecule has 3 rings (SSSR count). The molecule has 1 atom stereocenters. The lowest BCUT2D eigenvalue weighted by molar-refractivity contribution is -0.139. The number of unbranched alkanes of at least 4 members (excludes halogenated alkanes) is 1. The van der Waals surface area contributed by atoms with E-state index in [2.05, 4.69) is 38.3 Å². The number of rotatable bonds is 8. The average Bonchev–Trinajstić information content (AvgIpc) is 3.15. The molecule has 0 saturated heterocycles. The molecule has 0 fully saturated rings. The first kappa shape index (κ1) is 21.2. The van der Waals surface area contributed by atoms with Crippen LogP contribution in [-0.4, -0.2) is 41.1 Å². The first-order valence-corrected chi connectivity index (χ1v) is 10.4. The van der Waals surface area contributed by atoms with Crippen molar-refractivity contribution in [3.8, 4) is 11.5 Å². The van der Waals surface area contributed by atoms with Gasteiger partial charge in [-0.05, 0) is 53.9 Å². The lowest BCUT2D eigenvalue weighted by Crippen LogP contribution is -2.30. The zero-order chi connectivity index (χ0) is 21.0. The molecule has 2 aromatic rings. The van der Waals surface area contributed by atoms with Crippen molar-refractivity contribution in [1.29, 1.82) is 0 Å². The van der Waals surface area contributed by atoms with E-state index in [1.54, 1.807) is 11.8 Å². The van der Waals surface area contributed by atoms with E-state index in [1.165, 1.54) is 6.33 Å². The van der Waals surface area contributed by atoms with Gasteiger partial charge in [0.05, 0.1) is 30.4 Å². The van der Waals surface area contributed by atoms with Gasteiger partial charge in [0, 0.05) is 5.70 Å². The Morgan fingerprint density at radius 1 is 1.34 bits per heavy atom. The molecule has 0 bridgehead atoms. The molecule has 1 unspecified atom stereocenters. The van der Waals surface area contributed by atoms with Crippen LogP contribution in [0.25, 0.3) is 0 Å². The van der Waals surface area contributed by atoms with Gasteiger partial charge in [-0.25, -0.2) is 9.48 Å². The first-order chi connectivity index (χ1) is 14.0. The van der Waals surface area contributed by atoms with Crippen molar-refractivity contribution in [2.75, 3.05) is 25.6 Å². The van der Waals surface area contributed by atoms with E-state index >= 15 is 0 Å². The quantitative estimate of drug-likeness (QED) is 0.464. The van der Waals surface area contributed by atoms with Gasteiger partial charge < -0.3 is 19.5 Å². The average molecular weight is 465 g/mol. The number of nitrogens with zero attached hydrogens (tertiary/aromatic N) is 3. The number of hydrogen-bond acceptors (Lipinski definition) is 7. The summed E-state index contributed by atoms with van der Waals surface area (Å²) in [6.07, 6.45) is 3.21. The van der Waals surface area contributed by atoms with Crippen LogP contribution in [0.1, 0.15) is 45.2 Å². The minimum absolute atomic E-state index is 0.375. The second-order valence-corrected chi connectivity index (χ2v) is 7.41. The number of halogens is 1. The fourth-order valence-electron chi connectivity index (χ4n) is 3.26. The van der Waals surface area contributed by atoms with Crippen molar-refractivity contribution in [1.82, 2.24) is 14.8 Å². The smallest absolute Gasteiger partial charge is 0.338 e. The molecule has 29 heavy (non-hydrogen) atoms. The van der Waals surface area contributed by atoms with Crippen LogP contribution in [0.3, 0.4) is 0 Å². The summed E-state index contributed by atoms with van der Waals surface area (Å²) >= 11 is 3.55. The number of nitrogens with one attached hydrogen (secondary N) is 1. The van der Waals surface area contributed by atoms with Gasteiger partial charge in [0.1, 0.15) is 12.4 Å². The Morgan fingerprint density at radius 3 is 2.83 bits per heavy atom. The van der Waals surface area contributed by atoms with Crippen molar-refractivity contribution < 1.29 is 19.0 Å². The molecule has 0 aliphatic carbocycles. The molecule has 0 radical (unpaired) electrons. The Kier molecular flexibility index (Phi) is 6.79. The Hall–Kier alpha value is -2.55. The Labute approximate surface area is 178 Å². The number of esters is 1. The molecule has 1 aromatic carbocycles. The highest BCUT2D eigenvalue weighted by molar-refractivity contribution is 9.10. The Balaban J connectivity index is 2.10. The van der Waals surface area contributed by atoms with Crippen molar-refractivity contribution in [3.63, 3.8) is 0 Å². The van der Waals surface area contributed by atoms with Crippen LogP contribution in [0.5, 0.6) is 11.5 Å². The van der Waals surface area contributed by atoms with Crippen LogP contribution in [0.15, 0.2) is 34.2 Å². The second kappa shape index (κ2) is 9.30. The number of allylic oxidation sites excluding steroid dienone is 1. The van der Waals surface area contributed by atoms with E-state index in [1.807, 2.05) is 26.0 Å². The van der Waals surface area contributed by atoms with E-state index in [0.29, 0.717) is 41.9 Å². The largest absolute Gasteiger partial charge is 0.492 e. The summed E-state index contributed by atoms with van der Waals surface area (Å²) in [7, 11) is 1.59. The van der Waals surface area contributed by atoms with Crippen LogP contribution in [0, 0.1) is 0 Å². The fraction of sp³-hybridized carbons (Fsp3) is 0.450. The number of anilines is 1. The van der Waals surface area contributed by atoms with Gasteiger partial charge in [-0.15, -0.1) is 0 Å². The van der Waals surface area contributed by atoms with Crippen LogP contribution >= 0.6 is 15.9 Å². The van der Waals surface area contributed by atoms with E-state index in [0.717, 1.165) is 22.9 Å². The van der Waals surface area contributed by atoms with Gasteiger partial charge in [0.15, 0.2) is 11.5 Å². The molecule has 1 aliphatic heterocycles. The Bertz CT molecular complexity index is 925. The number of carbonyl (C=O) groups is 1. The molecule has 0 saturated carbocycles. The van der Waals surface area contributed by atoms with E-state index < -0.39 is 6.04 Å². The van der Waals surface area contributed by atoms with Gasteiger partial charge >= 0.3 is 5.97 Å². The third-order valence-corrected chi connectivity index (χ3v) is 5.19. The molecule has 156 valence electrons. The molecule has 0 amide bonds. The zero-order valence-electron chi connectivity index (χ0n) is 17.0. The lowest BCUT2D eigenvalue weighted by atomic mass is 9.95. The predicted molar refractivity (Wildman–Crippen MR) is 112 cm³/mol. The first-order valence-electron chi connectivity index (χ1n) is 9.56. The third-order valence-electron chi connectivity index (χ3n) is 4.60. The van der Waals surface area contributed by atoms with Crippen LogP contribution in [0.4, 0.5) is 5.95 Å². The minimum Gasteiger partial charge on any atom is -0.492 e. The van der Waals surface area contributed by atoms with E-state index in [9.17, 15) is 4.79 Å². The summed E-state index contributed by atoms with van der Waals surface area (Å²) < 4.78 is 19.1. The molecule has 2 heterocycles. The number of methoxy groups -OCH3 is 1. The maximum Gasteiger partial charge on any atom is 0.338 e. The monoisotopic (exact) mass is 464 g/mol. The highest BCUT2D eigenvalue weighted by Crippen LogP contribution is 2.42. The molecular formula is C20H25BrN4O4. The second-order valence-electron chi connectivity index (χ2n) is 6.55. The predicted octanol–water partition coefficient (Wildman–Crippen LogP) is 4.08. The topological polar surface area (TPSA) is 87.5 Å². The highest BCUT2D eigenvalue weighted by atomic mass is 79.9. The summed E-state index contributed by atoms with van der Waals surface area (Å²) in [4.78, 5) is 17.2. The Morgan fingerprint density at radius 2 is 2.14 bits per heavy atom. The van der Waals surface area contributed by atoms with Gasteiger partial charge in [0.2, 0.25) is 5.95 Å². The molecule has 1 aromatic heterocycles. The SMILES string of the molecule is CCCCOC(=O)C1=C(C)Nc2ncnn2C1c1cc(Br)c(OC)c(OCC)c1. The fourth-order valence-corrected chi connectivity index (χ4v) is 3.88. The van der Waals surface area contributed by atoms with Crippen LogP contribution in [0.2, 0.25) is 0 Å². The molecular weight excluding hydrogens is 440 g/mol. The van der Waals surface area contributed by atoms with E-state index in [-0.39, 0.29) is 5.97 Å². The number of benzene rings is 1. The van der Waals surface area contributed by atoms with Gasteiger partial charge in [0.25, 0.3) is 0 Å². The van der Waals surface area contributed by atoms with Gasteiger partial charge in [-0.1, -0.05) is 13.3 Å². The highest BCUT2D eigenvalue weighted by Gasteiger charge is 2.35. The van der Waals surface area contributed by atoms with Gasteiger partial charge in [-0.2, -0.15) is 10.1 Å². The molecule has 9 heteroatoms. The van der Waals surface area contributed by atoms with Gasteiger partial charge in [-0.3, -0.25) is 0 Å². The maximum atomic E-state index is 13.0. The van der Waals surface area contributed by atoms with Crippen molar-refractivity contribution in [2.24, 2.45) is 0 Å². The summed E-state index contributed by atoms with van der Waals surface area (Å²) in [6.45, 7) is 6.65. The van der Waals surface area contributed by atoms with Crippen molar-refractivity contribution in [3.05, 3.63) is 39.8 Å². The standard InChI is InChI=1S/C20H25BrN4O4/c1-5-7-8-29-19(26)16-12(3)24-20-22-11-23-25(20)17(16)13-9-14(21)18(27-4)15(10-13)28-6-2/h9-11,17H,5-8H2,1-4H3,(H,22,23,24). The summed E-state index contributed by atoms with van der Waals surface area (Å²) in [5.74, 6) is 1.36. The molecule has 1 aliphatic rings. The third kappa shape index (κ3) is 4.24. The minimum atomic E-state index is -0.510. The van der Waals surface area contributed by atoms with Crippen LogP contribution in [-0.2, 0) is 9.53 Å². The maximum absolute atomic E-state index is 13.0. The number of aromatic nitrogens is 3.